The van der Waals surface area contributed by atoms with Crippen LogP contribution in [-0.4, -0.2) is 10.0 Å². The monoisotopic (exact) mass is 315 g/mol. The van der Waals surface area contributed by atoms with Crippen LogP contribution in [0.3, 0.4) is 0 Å². The highest BCUT2D eigenvalue weighted by atomic mass is 32.1. The lowest BCUT2D eigenvalue weighted by Gasteiger charge is -2.12. The van der Waals surface area contributed by atoms with Crippen LogP contribution in [0.25, 0.3) is 0 Å². The molecule has 0 aromatic heterocycles. The van der Waals surface area contributed by atoms with Gasteiger partial charge in [-0.15, -0.1) is 0 Å². The molecule has 0 amide bonds. The van der Waals surface area contributed by atoms with Gasteiger partial charge in [0, 0.05) is 23.5 Å². The van der Waals surface area contributed by atoms with Crippen LogP contribution >= 0.6 is 12.2 Å². The molecule has 6 heteroatoms. The molecule has 0 saturated carbocycles. The first-order valence-electron chi connectivity index (χ1n) is 6.91. The van der Waals surface area contributed by atoms with Crippen LogP contribution in [0.4, 0.5) is 17.1 Å². The summed E-state index contributed by atoms with van der Waals surface area (Å²) in [5, 5.41) is 17.3. The van der Waals surface area contributed by atoms with E-state index in [1.165, 1.54) is 17.7 Å². The molecule has 5 nitrogen and oxygen atoms in total. The fourth-order valence-corrected chi connectivity index (χ4v) is 2.24. The van der Waals surface area contributed by atoms with Gasteiger partial charge in [0.05, 0.1) is 4.92 Å². The normalized spacial score (nSPS) is 10.1. The van der Waals surface area contributed by atoms with Gasteiger partial charge in [0.2, 0.25) is 0 Å². The predicted octanol–water partition coefficient (Wildman–Crippen LogP) is 4.27. The summed E-state index contributed by atoms with van der Waals surface area (Å²) in [5.74, 6) is 0. The van der Waals surface area contributed by atoms with Gasteiger partial charge in [0.15, 0.2) is 5.11 Å². The molecule has 0 radical (unpaired) electrons. The number of hydrogen-bond acceptors (Lipinski definition) is 3. The van der Waals surface area contributed by atoms with Crippen LogP contribution in [0.5, 0.6) is 0 Å². The zero-order chi connectivity index (χ0) is 16.1. The summed E-state index contributed by atoms with van der Waals surface area (Å²) in [6.07, 6.45) is 0.991. The zero-order valence-corrected chi connectivity index (χ0v) is 13.2. The van der Waals surface area contributed by atoms with Gasteiger partial charge < -0.3 is 10.6 Å². The van der Waals surface area contributed by atoms with E-state index in [9.17, 15) is 10.1 Å². The van der Waals surface area contributed by atoms with Gasteiger partial charge in [-0.25, -0.2) is 0 Å². The van der Waals surface area contributed by atoms with Gasteiger partial charge >= 0.3 is 0 Å². The molecule has 0 bridgehead atoms. The lowest BCUT2D eigenvalue weighted by molar-refractivity contribution is -0.384. The van der Waals surface area contributed by atoms with Crippen LogP contribution in [0.15, 0.2) is 42.5 Å². The molecule has 2 aromatic carbocycles. The predicted molar refractivity (Wildman–Crippen MR) is 93.5 cm³/mol. The fourth-order valence-electron chi connectivity index (χ4n) is 2.01. The molecule has 0 atom stereocenters. The third kappa shape index (κ3) is 4.02. The minimum Gasteiger partial charge on any atom is -0.332 e. The largest absolute Gasteiger partial charge is 0.332 e. The standard InChI is InChI=1S/C16H17N3O2S/c1-3-12-4-6-13(7-5-12)17-16(22)18-15-9-8-14(19(20)21)10-11(15)2/h4-10H,3H2,1-2H3,(H2,17,18,22). The molecule has 0 aliphatic rings. The van der Waals surface area contributed by atoms with Crippen molar-refractivity contribution in [3.8, 4) is 0 Å². The molecule has 114 valence electrons. The second-order valence-corrected chi connectivity index (χ2v) is 5.29. The molecular formula is C16H17N3O2S. The molecule has 0 fully saturated rings. The molecule has 0 aliphatic carbocycles. The molecule has 2 rings (SSSR count). The molecule has 0 heterocycles. The Morgan fingerprint density at radius 2 is 1.86 bits per heavy atom. The number of anilines is 2. The van der Waals surface area contributed by atoms with Crippen molar-refractivity contribution >= 4 is 34.4 Å². The fraction of sp³-hybridized carbons (Fsp3) is 0.188. The quantitative estimate of drug-likeness (QED) is 0.501. The van der Waals surface area contributed by atoms with Crippen LogP contribution in [0.2, 0.25) is 0 Å². The van der Waals surface area contributed by atoms with Crippen molar-refractivity contribution in [2.45, 2.75) is 20.3 Å². The lowest BCUT2D eigenvalue weighted by Crippen LogP contribution is -2.19. The summed E-state index contributed by atoms with van der Waals surface area (Å²) >= 11 is 5.27. The average Bonchev–Trinajstić information content (AvgIpc) is 2.50. The van der Waals surface area contributed by atoms with E-state index in [4.69, 9.17) is 12.2 Å². The summed E-state index contributed by atoms with van der Waals surface area (Å²) in [4.78, 5) is 10.3. The Hall–Kier alpha value is -2.47. The van der Waals surface area contributed by atoms with E-state index in [0.29, 0.717) is 5.11 Å². The highest BCUT2D eigenvalue weighted by Crippen LogP contribution is 2.21. The van der Waals surface area contributed by atoms with Gasteiger partial charge in [0.25, 0.3) is 5.69 Å². The first-order chi connectivity index (χ1) is 10.5. The van der Waals surface area contributed by atoms with Crippen LogP contribution < -0.4 is 10.6 Å². The second kappa shape index (κ2) is 7.00. The molecule has 0 spiro atoms. The molecule has 0 aliphatic heterocycles. The van der Waals surface area contributed by atoms with Gasteiger partial charge in [-0.1, -0.05) is 19.1 Å². The number of benzene rings is 2. The maximum atomic E-state index is 10.7. The summed E-state index contributed by atoms with van der Waals surface area (Å²) in [7, 11) is 0. The van der Waals surface area contributed by atoms with Gasteiger partial charge in [-0.3, -0.25) is 10.1 Å². The second-order valence-electron chi connectivity index (χ2n) is 4.89. The van der Waals surface area contributed by atoms with Crippen LogP contribution in [0.1, 0.15) is 18.1 Å². The highest BCUT2D eigenvalue weighted by Gasteiger charge is 2.09. The van der Waals surface area contributed by atoms with Crippen molar-refractivity contribution in [1.29, 1.82) is 0 Å². The molecule has 0 saturated heterocycles. The maximum absolute atomic E-state index is 10.7. The topological polar surface area (TPSA) is 67.2 Å². The van der Waals surface area contributed by atoms with E-state index >= 15 is 0 Å². The van der Waals surface area contributed by atoms with E-state index in [1.54, 1.807) is 13.0 Å². The number of rotatable bonds is 4. The minimum absolute atomic E-state index is 0.0667. The summed E-state index contributed by atoms with van der Waals surface area (Å²) in [6.45, 7) is 3.90. The summed E-state index contributed by atoms with van der Waals surface area (Å²) < 4.78 is 0. The number of hydrogen-bond donors (Lipinski definition) is 2. The van der Waals surface area contributed by atoms with Crippen molar-refractivity contribution in [1.82, 2.24) is 0 Å². The van der Waals surface area contributed by atoms with E-state index in [2.05, 4.69) is 17.6 Å². The number of aryl methyl sites for hydroxylation is 2. The Morgan fingerprint density at radius 1 is 1.18 bits per heavy atom. The van der Waals surface area contributed by atoms with E-state index in [0.717, 1.165) is 23.4 Å². The van der Waals surface area contributed by atoms with E-state index in [1.807, 2.05) is 24.3 Å². The molecular weight excluding hydrogens is 298 g/mol. The number of thiocarbonyl (C=S) groups is 1. The van der Waals surface area contributed by atoms with Crippen LogP contribution in [-0.2, 0) is 6.42 Å². The molecule has 0 unspecified atom stereocenters. The van der Waals surface area contributed by atoms with Crippen molar-refractivity contribution in [3.05, 3.63) is 63.7 Å². The number of nitro benzene ring substituents is 1. The molecule has 2 aromatic rings. The SMILES string of the molecule is CCc1ccc(NC(=S)Nc2ccc([N+](=O)[O-])cc2C)cc1. The Balaban J connectivity index is 2.03. The average molecular weight is 315 g/mol. The van der Waals surface area contributed by atoms with Crippen molar-refractivity contribution in [2.24, 2.45) is 0 Å². The Labute approximate surface area is 134 Å². The summed E-state index contributed by atoms with van der Waals surface area (Å²) in [5.41, 5.74) is 3.73. The van der Waals surface area contributed by atoms with Crippen molar-refractivity contribution in [2.75, 3.05) is 10.6 Å². The van der Waals surface area contributed by atoms with Gasteiger partial charge in [-0.2, -0.15) is 0 Å². The van der Waals surface area contributed by atoms with Crippen LogP contribution in [0, 0.1) is 17.0 Å². The summed E-state index contributed by atoms with van der Waals surface area (Å²) in [6, 6.07) is 12.6. The van der Waals surface area contributed by atoms with Gasteiger partial charge in [-0.05, 0) is 54.9 Å². The van der Waals surface area contributed by atoms with Gasteiger partial charge in [0.1, 0.15) is 0 Å². The number of nitrogens with zero attached hydrogens (tertiary/aromatic N) is 1. The zero-order valence-electron chi connectivity index (χ0n) is 12.4. The Bertz CT molecular complexity index is 699. The highest BCUT2D eigenvalue weighted by molar-refractivity contribution is 7.80. The van der Waals surface area contributed by atoms with E-state index in [-0.39, 0.29) is 5.69 Å². The Kier molecular flexibility index (Phi) is 5.06. The number of nitro groups is 1. The minimum atomic E-state index is -0.414. The first-order valence-corrected chi connectivity index (χ1v) is 7.32. The first kappa shape index (κ1) is 15.9. The third-order valence-corrected chi connectivity index (χ3v) is 3.49. The number of non-ortho nitro benzene ring substituents is 1. The van der Waals surface area contributed by atoms with E-state index < -0.39 is 4.92 Å². The lowest BCUT2D eigenvalue weighted by atomic mass is 10.1. The molecule has 22 heavy (non-hydrogen) atoms. The smallest absolute Gasteiger partial charge is 0.269 e. The van der Waals surface area contributed by atoms with Crippen molar-refractivity contribution in [3.63, 3.8) is 0 Å². The maximum Gasteiger partial charge on any atom is 0.269 e. The third-order valence-electron chi connectivity index (χ3n) is 3.29. The van der Waals surface area contributed by atoms with Crippen molar-refractivity contribution < 1.29 is 4.92 Å². The molecule has 2 N–H and O–H groups in total. The number of nitrogens with one attached hydrogen (secondary N) is 2. The Morgan fingerprint density at radius 3 is 2.41 bits per heavy atom.